The SMILES string of the molecule is Cc1cc(-c2ccnc3c2N3)cc(N)n1. The summed E-state index contributed by atoms with van der Waals surface area (Å²) in [6, 6.07) is 5.88. The highest BCUT2D eigenvalue weighted by Gasteiger charge is 2.22. The number of aryl methyl sites for hydroxylation is 1. The molecule has 0 bridgehead atoms. The summed E-state index contributed by atoms with van der Waals surface area (Å²) in [5.74, 6) is 1.51. The molecule has 0 saturated heterocycles. The Kier molecular flexibility index (Phi) is 1.48. The number of nitrogen functional groups attached to an aromatic ring is 1. The fourth-order valence-electron chi connectivity index (χ4n) is 1.74. The average molecular weight is 198 g/mol. The van der Waals surface area contributed by atoms with Gasteiger partial charge >= 0.3 is 0 Å². The van der Waals surface area contributed by atoms with Crippen molar-refractivity contribution in [3.63, 3.8) is 0 Å². The highest BCUT2D eigenvalue weighted by molar-refractivity contribution is 5.99. The van der Waals surface area contributed by atoms with E-state index in [-0.39, 0.29) is 0 Å². The first kappa shape index (κ1) is 8.23. The van der Waals surface area contributed by atoms with E-state index in [1.54, 1.807) is 6.20 Å². The molecule has 15 heavy (non-hydrogen) atoms. The summed E-state index contributed by atoms with van der Waals surface area (Å²) in [5, 5.41) is 3.12. The van der Waals surface area contributed by atoms with Crippen molar-refractivity contribution < 1.29 is 0 Å². The summed E-state index contributed by atoms with van der Waals surface area (Å²) in [4.78, 5) is 8.29. The minimum absolute atomic E-state index is 0.552. The van der Waals surface area contributed by atoms with Crippen LogP contribution in [0.15, 0.2) is 24.4 Å². The highest BCUT2D eigenvalue weighted by Crippen LogP contribution is 2.44. The van der Waals surface area contributed by atoms with Gasteiger partial charge in [0.05, 0.1) is 5.69 Å². The summed E-state index contributed by atoms with van der Waals surface area (Å²) in [6.45, 7) is 1.94. The maximum atomic E-state index is 5.72. The molecule has 0 saturated carbocycles. The molecule has 4 nitrogen and oxygen atoms in total. The van der Waals surface area contributed by atoms with Crippen LogP contribution in [0.25, 0.3) is 11.1 Å². The summed E-state index contributed by atoms with van der Waals surface area (Å²) < 4.78 is 0. The smallest absolute Gasteiger partial charge is 0.154 e. The van der Waals surface area contributed by atoms with E-state index in [1.165, 1.54) is 0 Å². The fraction of sp³-hybridized carbons (Fsp3) is 0.0909. The molecule has 0 fully saturated rings. The number of anilines is 3. The lowest BCUT2D eigenvalue weighted by Crippen LogP contribution is -1.92. The Morgan fingerprint density at radius 2 is 2.20 bits per heavy atom. The van der Waals surface area contributed by atoms with Gasteiger partial charge in [-0.1, -0.05) is 0 Å². The van der Waals surface area contributed by atoms with Crippen molar-refractivity contribution in [2.24, 2.45) is 0 Å². The number of nitrogens with two attached hydrogens (primary N) is 1. The van der Waals surface area contributed by atoms with E-state index in [9.17, 15) is 0 Å². The van der Waals surface area contributed by atoms with Crippen molar-refractivity contribution in [1.29, 1.82) is 0 Å². The second kappa shape index (κ2) is 2.70. The van der Waals surface area contributed by atoms with Gasteiger partial charge in [0.2, 0.25) is 0 Å². The molecule has 1 aliphatic rings. The van der Waals surface area contributed by atoms with Crippen LogP contribution in [0, 0.1) is 6.92 Å². The number of hydrogen-bond acceptors (Lipinski definition) is 4. The van der Waals surface area contributed by atoms with Gasteiger partial charge in [0.1, 0.15) is 5.82 Å². The van der Waals surface area contributed by atoms with Crippen LogP contribution in [0.5, 0.6) is 0 Å². The zero-order valence-electron chi connectivity index (χ0n) is 8.28. The molecule has 3 rings (SSSR count). The molecule has 2 aromatic heterocycles. The van der Waals surface area contributed by atoms with Crippen molar-refractivity contribution in [1.82, 2.24) is 9.97 Å². The van der Waals surface area contributed by atoms with Crippen LogP contribution < -0.4 is 11.1 Å². The Bertz CT molecular complexity index is 528. The maximum Gasteiger partial charge on any atom is 0.154 e. The molecule has 0 atom stereocenters. The maximum absolute atomic E-state index is 5.72. The average Bonchev–Trinajstić information content (AvgIpc) is 2.93. The van der Waals surface area contributed by atoms with Crippen LogP contribution in [-0.4, -0.2) is 9.97 Å². The monoisotopic (exact) mass is 198 g/mol. The third-order valence-electron chi connectivity index (χ3n) is 2.42. The summed E-state index contributed by atoms with van der Waals surface area (Å²) in [6.07, 6.45) is 1.79. The summed E-state index contributed by atoms with van der Waals surface area (Å²) >= 11 is 0. The van der Waals surface area contributed by atoms with Crippen LogP contribution in [0.2, 0.25) is 0 Å². The lowest BCUT2D eigenvalue weighted by molar-refractivity contribution is 1.21. The first-order chi connectivity index (χ1) is 7.24. The molecule has 0 amide bonds. The molecule has 3 heterocycles. The summed E-state index contributed by atoms with van der Waals surface area (Å²) in [7, 11) is 0. The Balaban J connectivity index is 2.18. The van der Waals surface area contributed by atoms with Gasteiger partial charge < -0.3 is 11.1 Å². The molecule has 74 valence electrons. The van der Waals surface area contributed by atoms with Gasteiger partial charge in [-0.2, -0.15) is 0 Å². The number of fused-ring (bicyclic) bond motifs is 1. The normalized spacial score (nSPS) is 11.8. The van der Waals surface area contributed by atoms with Gasteiger partial charge in [0.25, 0.3) is 0 Å². The van der Waals surface area contributed by atoms with Crippen LogP contribution in [0.4, 0.5) is 17.3 Å². The molecule has 1 aliphatic heterocycles. The Morgan fingerprint density at radius 3 is 3.00 bits per heavy atom. The van der Waals surface area contributed by atoms with Crippen molar-refractivity contribution in [3.05, 3.63) is 30.1 Å². The van der Waals surface area contributed by atoms with Crippen LogP contribution in [0.3, 0.4) is 0 Å². The van der Waals surface area contributed by atoms with Crippen molar-refractivity contribution in [2.75, 3.05) is 11.1 Å². The van der Waals surface area contributed by atoms with E-state index in [1.807, 2.05) is 25.1 Å². The van der Waals surface area contributed by atoms with E-state index < -0.39 is 0 Å². The largest absolute Gasteiger partial charge is 0.384 e. The third kappa shape index (κ3) is 1.30. The molecule has 3 N–H and O–H groups in total. The van der Waals surface area contributed by atoms with Crippen molar-refractivity contribution >= 4 is 17.3 Å². The van der Waals surface area contributed by atoms with Gasteiger partial charge in [-0.3, -0.25) is 0 Å². The lowest BCUT2D eigenvalue weighted by atomic mass is 10.1. The van der Waals surface area contributed by atoms with Crippen LogP contribution in [-0.2, 0) is 0 Å². The van der Waals surface area contributed by atoms with E-state index in [0.717, 1.165) is 28.3 Å². The minimum atomic E-state index is 0.552. The molecule has 2 aromatic rings. The molecular formula is C11H10N4. The molecule has 0 aliphatic carbocycles. The number of rotatable bonds is 1. The predicted octanol–water partition coefficient (Wildman–Crippen LogP) is 2.09. The van der Waals surface area contributed by atoms with Crippen LogP contribution >= 0.6 is 0 Å². The lowest BCUT2D eigenvalue weighted by Gasteiger charge is -2.02. The van der Waals surface area contributed by atoms with E-state index >= 15 is 0 Å². The van der Waals surface area contributed by atoms with Gasteiger partial charge in [0, 0.05) is 17.5 Å². The first-order valence-electron chi connectivity index (χ1n) is 4.74. The Labute approximate surface area is 87.2 Å². The number of hydrogen-bond donors (Lipinski definition) is 2. The second-order valence-electron chi connectivity index (χ2n) is 3.63. The molecule has 0 radical (unpaired) electrons. The molecule has 0 aromatic carbocycles. The third-order valence-corrected chi connectivity index (χ3v) is 2.42. The summed E-state index contributed by atoms with van der Waals surface area (Å²) in [5.41, 5.74) is 9.97. The fourth-order valence-corrected chi connectivity index (χ4v) is 1.74. The van der Waals surface area contributed by atoms with Gasteiger partial charge in [-0.05, 0) is 30.7 Å². The minimum Gasteiger partial charge on any atom is -0.384 e. The number of aromatic nitrogens is 2. The van der Waals surface area contributed by atoms with Gasteiger partial charge in [-0.25, -0.2) is 9.97 Å². The Hall–Kier alpha value is -2.10. The highest BCUT2D eigenvalue weighted by atomic mass is 15.1. The van der Waals surface area contributed by atoms with Crippen molar-refractivity contribution in [2.45, 2.75) is 6.92 Å². The topological polar surface area (TPSA) is 73.7 Å². The second-order valence-corrected chi connectivity index (χ2v) is 3.63. The van der Waals surface area contributed by atoms with Gasteiger partial charge in [0.15, 0.2) is 5.82 Å². The van der Waals surface area contributed by atoms with Crippen LogP contribution in [0.1, 0.15) is 5.69 Å². The van der Waals surface area contributed by atoms with E-state index in [4.69, 9.17) is 5.73 Å². The molecule has 0 spiro atoms. The zero-order chi connectivity index (χ0) is 10.4. The molecule has 0 unspecified atom stereocenters. The molecular weight excluding hydrogens is 188 g/mol. The number of pyridine rings is 2. The first-order valence-corrected chi connectivity index (χ1v) is 4.74. The zero-order valence-corrected chi connectivity index (χ0v) is 8.28. The van der Waals surface area contributed by atoms with E-state index in [0.29, 0.717) is 5.82 Å². The number of nitrogens with zero attached hydrogens (tertiary/aromatic N) is 2. The van der Waals surface area contributed by atoms with Gasteiger partial charge in [-0.15, -0.1) is 0 Å². The quantitative estimate of drug-likeness (QED) is 0.587. The Morgan fingerprint density at radius 1 is 1.33 bits per heavy atom. The standard InChI is InChI=1S/C11H10N4/c1-6-4-7(5-9(12)14-6)8-2-3-13-11-10(8)15-11/h2-5H,1H3,(H2,12,14)(H,13,15). The van der Waals surface area contributed by atoms with E-state index in [2.05, 4.69) is 15.3 Å². The molecule has 4 heteroatoms. The van der Waals surface area contributed by atoms with Crippen molar-refractivity contribution in [3.8, 4) is 11.1 Å². The predicted molar refractivity (Wildman–Crippen MR) is 59.9 cm³/mol. The number of nitrogens with one attached hydrogen (secondary N) is 1.